The molecule has 9 heteroatoms. The normalized spacial score (nSPS) is 15.9. The van der Waals surface area contributed by atoms with Gasteiger partial charge in [0.25, 0.3) is 5.78 Å². The van der Waals surface area contributed by atoms with Crippen LogP contribution in [0.15, 0.2) is 21.6 Å². The van der Waals surface area contributed by atoms with Crippen molar-refractivity contribution in [3.63, 3.8) is 0 Å². The summed E-state index contributed by atoms with van der Waals surface area (Å²) in [5, 5.41) is 8.65. The summed E-state index contributed by atoms with van der Waals surface area (Å²) in [5.41, 5.74) is 7.00. The molecule has 0 unspecified atom stereocenters. The number of hydrogen-bond acceptors (Lipinski definition) is 7. The van der Waals surface area contributed by atoms with Gasteiger partial charge in [0.2, 0.25) is 0 Å². The molecule has 0 N–H and O–H groups in total. The van der Waals surface area contributed by atoms with Gasteiger partial charge in [0.1, 0.15) is 11.6 Å². The molecule has 5 heterocycles. The Hall–Kier alpha value is -3.49. The van der Waals surface area contributed by atoms with E-state index < -0.39 is 0 Å². The summed E-state index contributed by atoms with van der Waals surface area (Å²) in [6.07, 6.45) is 5.10. The highest BCUT2D eigenvalue weighted by molar-refractivity contribution is 5.68. The first-order valence-corrected chi connectivity index (χ1v) is 11.5. The van der Waals surface area contributed by atoms with E-state index in [0.717, 1.165) is 58.3 Å². The minimum Gasteiger partial charge on any atom is -0.361 e. The van der Waals surface area contributed by atoms with Gasteiger partial charge in [0, 0.05) is 60.3 Å². The zero-order valence-corrected chi connectivity index (χ0v) is 19.4. The summed E-state index contributed by atoms with van der Waals surface area (Å²) < 4.78 is 8.59. The maximum Gasteiger partial charge on any atom is 0.351 e. The molecule has 0 saturated heterocycles. The standard InChI is InChI=1S/C24H27N7O2/c1-13-15(3)31-23(27-30(24(31)32)11-17-5-6-17)26-22(13)29-8-7-20-19(12-29)9-18(10-25-20)21-14(2)28-33-16(21)4/h9-10,17H,5-8,11-12H2,1-4H3. The lowest BCUT2D eigenvalue weighted by Crippen LogP contribution is -2.33. The molecule has 1 aliphatic heterocycles. The van der Waals surface area contributed by atoms with Gasteiger partial charge in [-0.05, 0) is 58.1 Å². The second kappa shape index (κ2) is 7.26. The smallest absolute Gasteiger partial charge is 0.351 e. The molecule has 1 saturated carbocycles. The summed E-state index contributed by atoms with van der Waals surface area (Å²) in [5.74, 6) is 2.74. The number of pyridine rings is 1. The Morgan fingerprint density at radius 2 is 2.00 bits per heavy atom. The van der Waals surface area contributed by atoms with Crippen molar-refractivity contribution < 1.29 is 4.52 Å². The van der Waals surface area contributed by atoms with Crippen LogP contribution < -0.4 is 10.6 Å². The number of anilines is 1. The average Bonchev–Trinajstić information content (AvgIpc) is 3.48. The topological polar surface area (TPSA) is 94.3 Å². The number of rotatable bonds is 4. The van der Waals surface area contributed by atoms with E-state index >= 15 is 0 Å². The van der Waals surface area contributed by atoms with Crippen LogP contribution >= 0.6 is 0 Å². The van der Waals surface area contributed by atoms with E-state index in [1.807, 2.05) is 33.9 Å². The van der Waals surface area contributed by atoms with Crippen molar-refractivity contribution in [1.29, 1.82) is 0 Å². The largest absolute Gasteiger partial charge is 0.361 e. The van der Waals surface area contributed by atoms with Crippen molar-refractivity contribution in [1.82, 2.24) is 29.3 Å². The van der Waals surface area contributed by atoms with Crippen LogP contribution in [-0.2, 0) is 19.5 Å². The van der Waals surface area contributed by atoms with Gasteiger partial charge in [0.15, 0.2) is 0 Å². The molecule has 0 radical (unpaired) electrons. The van der Waals surface area contributed by atoms with Crippen molar-refractivity contribution in [3.05, 3.63) is 56.7 Å². The molecule has 6 rings (SSSR count). The zero-order valence-electron chi connectivity index (χ0n) is 19.4. The summed E-state index contributed by atoms with van der Waals surface area (Å²) >= 11 is 0. The Labute approximate surface area is 191 Å². The van der Waals surface area contributed by atoms with Gasteiger partial charge in [-0.3, -0.25) is 4.98 Å². The Morgan fingerprint density at radius 3 is 2.73 bits per heavy atom. The van der Waals surface area contributed by atoms with Crippen molar-refractivity contribution in [2.24, 2.45) is 5.92 Å². The van der Waals surface area contributed by atoms with Crippen LogP contribution in [0.3, 0.4) is 0 Å². The van der Waals surface area contributed by atoms with E-state index in [1.165, 1.54) is 18.4 Å². The SMILES string of the molecule is Cc1noc(C)c1-c1cnc2c(c1)CN(c1nc3nn(CC4CC4)c(=O)n3c(C)c1C)CC2. The molecule has 1 aliphatic carbocycles. The Kier molecular flexibility index (Phi) is 4.43. The first-order valence-electron chi connectivity index (χ1n) is 11.5. The van der Waals surface area contributed by atoms with Crippen LogP contribution in [0, 0.1) is 33.6 Å². The minimum atomic E-state index is -0.0890. The van der Waals surface area contributed by atoms with E-state index in [2.05, 4.69) is 21.2 Å². The van der Waals surface area contributed by atoms with Gasteiger partial charge >= 0.3 is 5.69 Å². The Bertz CT molecular complexity index is 1440. The first-order chi connectivity index (χ1) is 15.9. The van der Waals surface area contributed by atoms with Crippen LogP contribution in [0.5, 0.6) is 0 Å². The monoisotopic (exact) mass is 445 g/mol. The number of aryl methyl sites for hydroxylation is 3. The molecule has 9 nitrogen and oxygen atoms in total. The third-order valence-electron chi connectivity index (χ3n) is 7.03. The average molecular weight is 446 g/mol. The molecule has 0 atom stereocenters. The van der Waals surface area contributed by atoms with E-state index in [4.69, 9.17) is 14.5 Å². The lowest BCUT2D eigenvalue weighted by Gasteiger charge is -2.31. The van der Waals surface area contributed by atoms with Gasteiger partial charge in [-0.15, -0.1) is 5.10 Å². The lowest BCUT2D eigenvalue weighted by molar-refractivity contribution is 0.393. The highest BCUT2D eigenvalue weighted by Gasteiger charge is 2.27. The summed E-state index contributed by atoms with van der Waals surface area (Å²) in [6.45, 7) is 10.1. The maximum absolute atomic E-state index is 12.9. The van der Waals surface area contributed by atoms with Crippen LogP contribution in [0.25, 0.3) is 16.9 Å². The lowest BCUT2D eigenvalue weighted by atomic mass is 9.99. The second-order valence-corrected chi connectivity index (χ2v) is 9.39. The van der Waals surface area contributed by atoms with Gasteiger partial charge < -0.3 is 9.42 Å². The maximum atomic E-state index is 12.9. The molecule has 4 aromatic heterocycles. The summed E-state index contributed by atoms with van der Waals surface area (Å²) in [7, 11) is 0. The fraction of sp³-hybridized carbons (Fsp3) is 0.458. The Morgan fingerprint density at radius 1 is 1.18 bits per heavy atom. The molecular formula is C24H27N7O2. The molecule has 170 valence electrons. The van der Waals surface area contributed by atoms with Crippen LogP contribution in [0.4, 0.5) is 5.82 Å². The van der Waals surface area contributed by atoms with Crippen LogP contribution in [0.1, 0.15) is 46.8 Å². The molecule has 0 amide bonds. The molecule has 2 aliphatic rings. The Balaban J connectivity index is 1.38. The number of fused-ring (bicyclic) bond motifs is 2. The van der Waals surface area contributed by atoms with Crippen molar-refractivity contribution in [2.45, 2.75) is 60.0 Å². The molecule has 33 heavy (non-hydrogen) atoms. The summed E-state index contributed by atoms with van der Waals surface area (Å²) in [6, 6.07) is 2.19. The van der Waals surface area contributed by atoms with E-state index in [1.54, 1.807) is 9.08 Å². The van der Waals surface area contributed by atoms with Crippen LogP contribution in [-0.4, -0.2) is 35.9 Å². The summed E-state index contributed by atoms with van der Waals surface area (Å²) in [4.78, 5) is 24.8. The van der Waals surface area contributed by atoms with Gasteiger partial charge in [-0.1, -0.05) is 5.16 Å². The molecule has 4 aromatic rings. The molecule has 0 bridgehead atoms. The minimum absolute atomic E-state index is 0.0890. The number of hydrogen-bond donors (Lipinski definition) is 0. The van der Waals surface area contributed by atoms with Crippen molar-refractivity contribution >= 4 is 11.6 Å². The van der Waals surface area contributed by atoms with Gasteiger partial charge in [-0.25, -0.2) is 13.9 Å². The van der Waals surface area contributed by atoms with Crippen molar-refractivity contribution in [2.75, 3.05) is 11.4 Å². The van der Waals surface area contributed by atoms with E-state index in [9.17, 15) is 4.79 Å². The quantitative estimate of drug-likeness (QED) is 0.476. The first kappa shape index (κ1) is 20.1. The predicted molar refractivity (Wildman–Crippen MR) is 123 cm³/mol. The fourth-order valence-electron chi connectivity index (χ4n) is 4.88. The predicted octanol–water partition coefficient (Wildman–Crippen LogP) is 3.15. The number of aromatic nitrogens is 6. The molecule has 1 fully saturated rings. The number of nitrogens with zero attached hydrogens (tertiary/aromatic N) is 7. The fourth-order valence-corrected chi connectivity index (χ4v) is 4.88. The second-order valence-electron chi connectivity index (χ2n) is 9.39. The van der Waals surface area contributed by atoms with E-state index in [-0.39, 0.29) is 5.69 Å². The highest BCUT2D eigenvalue weighted by atomic mass is 16.5. The third kappa shape index (κ3) is 3.25. The highest BCUT2D eigenvalue weighted by Crippen LogP contribution is 2.32. The molecule has 0 spiro atoms. The third-order valence-corrected chi connectivity index (χ3v) is 7.03. The van der Waals surface area contributed by atoms with Crippen LogP contribution in [0.2, 0.25) is 0 Å². The van der Waals surface area contributed by atoms with Crippen molar-refractivity contribution in [3.8, 4) is 11.1 Å². The van der Waals surface area contributed by atoms with Gasteiger partial charge in [0.05, 0.1) is 5.69 Å². The van der Waals surface area contributed by atoms with Gasteiger partial charge in [-0.2, -0.15) is 4.98 Å². The molecule has 0 aromatic carbocycles. The van der Waals surface area contributed by atoms with E-state index in [0.29, 0.717) is 24.8 Å². The molecular weight excluding hydrogens is 418 g/mol. The zero-order chi connectivity index (χ0) is 22.9.